The van der Waals surface area contributed by atoms with Crippen LogP contribution in [0.1, 0.15) is 23.6 Å². The number of benzene rings is 2. The van der Waals surface area contributed by atoms with Gasteiger partial charge >= 0.3 is 5.97 Å². The van der Waals surface area contributed by atoms with Crippen LogP contribution in [0, 0.1) is 11.8 Å². The minimum absolute atomic E-state index is 0.225. The number of esters is 1. The van der Waals surface area contributed by atoms with Crippen molar-refractivity contribution in [1.82, 2.24) is 9.80 Å². The summed E-state index contributed by atoms with van der Waals surface area (Å²) < 4.78 is 12.1. The van der Waals surface area contributed by atoms with E-state index < -0.39 is 47.5 Å². The molecule has 8 nitrogen and oxygen atoms in total. The van der Waals surface area contributed by atoms with Crippen molar-refractivity contribution in [3.63, 3.8) is 0 Å². The number of nitrogens with zero attached hydrogens (tertiary/aromatic N) is 2. The van der Waals surface area contributed by atoms with Crippen LogP contribution in [-0.4, -0.2) is 70.2 Å². The molecule has 6 atom stereocenters. The summed E-state index contributed by atoms with van der Waals surface area (Å²) in [6.45, 7) is 0.522. The van der Waals surface area contributed by atoms with Crippen LogP contribution in [0.2, 0.25) is 0 Å². The van der Waals surface area contributed by atoms with Gasteiger partial charge in [-0.1, -0.05) is 85.0 Å². The monoisotopic (exact) mass is 514 g/mol. The number of carbonyl (C=O) groups excluding carboxylic acids is 3. The van der Waals surface area contributed by atoms with Crippen molar-refractivity contribution in [2.24, 2.45) is 11.8 Å². The third kappa shape index (κ3) is 3.87. The molecule has 6 rings (SSSR count). The SMILES string of the molecule is O=C1OCCC=C[C@H]2O[C@]34C=CCN(Cc5ccccc5)C(=O)C3N([C@H](CO)c3ccccc3)C(=O)[C@@H]4[C@@H]12. The molecule has 8 heteroatoms. The molecule has 4 heterocycles. The van der Waals surface area contributed by atoms with Gasteiger partial charge in [-0.2, -0.15) is 0 Å². The Kier molecular flexibility index (Phi) is 6.37. The number of hydrogen-bond donors (Lipinski definition) is 1. The smallest absolute Gasteiger partial charge is 0.312 e. The fraction of sp³-hybridized carbons (Fsp3) is 0.367. The Morgan fingerprint density at radius 3 is 2.45 bits per heavy atom. The van der Waals surface area contributed by atoms with Crippen molar-refractivity contribution in [2.45, 2.75) is 36.8 Å². The highest BCUT2D eigenvalue weighted by Crippen LogP contribution is 2.55. The molecule has 0 saturated carbocycles. The van der Waals surface area contributed by atoms with Gasteiger partial charge in [0.15, 0.2) is 0 Å². The van der Waals surface area contributed by atoms with E-state index in [9.17, 15) is 19.5 Å². The average Bonchev–Trinajstić information content (AvgIpc) is 3.31. The molecule has 0 aliphatic carbocycles. The van der Waals surface area contributed by atoms with Gasteiger partial charge in [0.2, 0.25) is 11.8 Å². The number of carbonyl (C=O) groups is 3. The molecular formula is C30H30N2O6. The molecule has 4 aliphatic rings. The quantitative estimate of drug-likeness (QED) is 0.486. The topological polar surface area (TPSA) is 96.4 Å². The molecule has 2 saturated heterocycles. The summed E-state index contributed by atoms with van der Waals surface area (Å²) in [5.74, 6) is -3.02. The van der Waals surface area contributed by atoms with E-state index in [0.717, 1.165) is 5.56 Å². The molecule has 1 N–H and O–H groups in total. The van der Waals surface area contributed by atoms with Crippen LogP contribution in [-0.2, 0) is 30.4 Å². The van der Waals surface area contributed by atoms with Crippen LogP contribution in [0.4, 0.5) is 0 Å². The Hall–Kier alpha value is -3.75. The number of cyclic esters (lactones) is 1. The van der Waals surface area contributed by atoms with Crippen LogP contribution in [0.25, 0.3) is 0 Å². The normalized spacial score (nSPS) is 31.1. The number of ether oxygens (including phenoxy) is 2. The molecule has 4 aliphatic heterocycles. The molecule has 0 bridgehead atoms. The Morgan fingerprint density at radius 1 is 0.974 bits per heavy atom. The Morgan fingerprint density at radius 2 is 1.71 bits per heavy atom. The van der Waals surface area contributed by atoms with Gasteiger partial charge in [0.25, 0.3) is 0 Å². The molecule has 38 heavy (non-hydrogen) atoms. The third-order valence-electron chi connectivity index (χ3n) is 8.05. The molecule has 0 radical (unpaired) electrons. The molecule has 1 spiro atoms. The lowest BCUT2D eigenvalue weighted by Gasteiger charge is -2.38. The summed E-state index contributed by atoms with van der Waals surface area (Å²) in [6, 6.07) is 17.0. The highest BCUT2D eigenvalue weighted by Gasteiger charge is 2.72. The standard InChI is InChI=1S/C30H30N2O6/c33-19-22(21-12-5-2-6-13-21)32-26-28(35)31(18-20-10-3-1-4-11-20)16-9-15-30(26)25(27(32)34)24-23(38-30)14-7-8-17-37-29(24)36/h1-7,9-15,22-26,33H,8,16-19H2/t22-,23-,24+,25+,26?,30+/m1/s1. The average molecular weight is 515 g/mol. The maximum Gasteiger partial charge on any atom is 0.312 e. The number of aliphatic hydroxyl groups is 1. The zero-order chi connectivity index (χ0) is 26.3. The van der Waals surface area contributed by atoms with Crippen LogP contribution in [0.3, 0.4) is 0 Å². The predicted molar refractivity (Wildman–Crippen MR) is 137 cm³/mol. The number of hydrogen-bond acceptors (Lipinski definition) is 6. The van der Waals surface area contributed by atoms with Gasteiger partial charge in [0.1, 0.15) is 17.6 Å². The zero-order valence-corrected chi connectivity index (χ0v) is 20.9. The van der Waals surface area contributed by atoms with E-state index in [-0.39, 0.29) is 19.1 Å². The second-order valence-electron chi connectivity index (χ2n) is 10.2. The Balaban J connectivity index is 1.47. The molecule has 196 valence electrons. The fourth-order valence-corrected chi connectivity index (χ4v) is 6.40. The van der Waals surface area contributed by atoms with E-state index in [1.54, 1.807) is 11.0 Å². The first-order valence-electron chi connectivity index (χ1n) is 13.0. The summed E-state index contributed by atoms with van der Waals surface area (Å²) in [7, 11) is 0. The summed E-state index contributed by atoms with van der Waals surface area (Å²) in [6.07, 6.45) is 7.23. The fourth-order valence-electron chi connectivity index (χ4n) is 6.40. The first-order chi connectivity index (χ1) is 18.5. The van der Waals surface area contributed by atoms with E-state index in [0.29, 0.717) is 25.1 Å². The van der Waals surface area contributed by atoms with Crippen molar-refractivity contribution in [1.29, 1.82) is 0 Å². The van der Waals surface area contributed by atoms with Crippen LogP contribution >= 0.6 is 0 Å². The molecule has 0 aromatic heterocycles. The molecule has 1 unspecified atom stereocenters. The van der Waals surface area contributed by atoms with Gasteiger partial charge in [-0.05, 0) is 17.5 Å². The first-order valence-corrected chi connectivity index (χ1v) is 13.0. The van der Waals surface area contributed by atoms with Crippen molar-refractivity contribution >= 4 is 17.8 Å². The summed E-state index contributed by atoms with van der Waals surface area (Å²) in [5.41, 5.74) is 0.288. The van der Waals surface area contributed by atoms with Crippen molar-refractivity contribution in [3.8, 4) is 0 Å². The zero-order valence-electron chi connectivity index (χ0n) is 20.9. The number of likely N-dealkylation sites (tertiary alicyclic amines) is 1. The summed E-state index contributed by atoms with van der Waals surface area (Å²) in [4.78, 5) is 45.1. The largest absolute Gasteiger partial charge is 0.465 e. The Bertz CT molecular complexity index is 1280. The Labute approximate surface area is 221 Å². The minimum Gasteiger partial charge on any atom is -0.465 e. The summed E-state index contributed by atoms with van der Waals surface area (Å²) >= 11 is 0. The van der Waals surface area contributed by atoms with Crippen LogP contribution < -0.4 is 0 Å². The van der Waals surface area contributed by atoms with E-state index >= 15 is 0 Å². The van der Waals surface area contributed by atoms with Gasteiger partial charge in [-0.3, -0.25) is 14.4 Å². The number of fused-ring (bicyclic) bond motifs is 2. The summed E-state index contributed by atoms with van der Waals surface area (Å²) in [5, 5.41) is 10.6. The molecule has 2 fully saturated rings. The maximum atomic E-state index is 14.4. The van der Waals surface area contributed by atoms with Crippen LogP contribution in [0.15, 0.2) is 85.0 Å². The lowest BCUT2D eigenvalue weighted by atomic mass is 9.77. The highest BCUT2D eigenvalue weighted by atomic mass is 16.6. The lowest BCUT2D eigenvalue weighted by molar-refractivity contribution is -0.156. The van der Waals surface area contributed by atoms with Crippen molar-refractivity contribution in [3.05, 3.63) is 96.1 Å². The number of amides is 2. The van der Waals surface area contributed by atoms with Gasteiger partial charge < -0.3 is 24.4 Å². The number of aliphatic hydroxyl groups excluding tert-OH is 1. The van der Waals surface area contributed by atoms with Crippen molar-refractivity contribution < 1.29 is 29.0 Å². The second-order valence-corrected chi connectivity index (χ2v) is 10.2. The molecular weight excluding hydrogens is 484 g/mol. The molecule has 2 aromatic rings. The first kappa shape index (κ1) is 24.6. The lowest BCUT2D eigenvalue weighted by Crippen LogP contribution is -2.56. The van der Waals surface area contributed by atoms with Crippen LogP contribution in [0.5, 0.6) is 0 Å². The highest BCUT2D eigenvalue weighted by molar-refractivity contribution is 5.99. The number of rotatable bonds is 5. The van der Waals surface area contributed by atoms with Gasteiger partial charge in [-0.15, -0.1) is 0 Å². The van der Waals surface area contributed by atoms with E-state index in [2.05, 4.69) is 0 Å². The van der Waals surface area contributed by atoms with Gasteiger partial charge in [-0.25, -0.2) is 0 Å². The third-order valence-corrected chi connectivity index (χ3v) is 8.05. The van der Waals surface area contributed by atoms with E-state index in [4.69, 9.17) is 9.47 Å². The predicted octanol–water partition coefficient (Wildman–Crippen LogP) is 2.40. The molecule has 2 aromatic carbocycles. The molecule has 2 amide bonds. The van der Waals surface area contributed by atoms with Gasteiger partial charge in [0.05, 0.1) is 31.3 Å². The minimum atomic E-state index is -1.37. The maximum absolute atomic E-state index is 14.4. The van der Waals surface area contributed by atoms with E-state index in [1.165, 1.54) is 4.90 Å². The second kappa shape index (κ2) is 9.85. The van der Waals surface area contributed by atoms with Crippen molar-refractivity contribution in [2.75, 3.05) is 19.8 Å². The van der Waals surface area contributed by atoms with Gasteiger partial charge in [0, 0.05) is 13.1 Å². The van der Waals surface area contributed by atoms with E-state index in [1.807, 2.05) is 78.9 Å².